The molecule has 0 aliphatic heterocycles. The van der Waals surface area contributed by atoms with Gasteiger partial charge in [0.2, 0.25) is 5.91 Å². The van der Waals surface area contributed by atoms with Crippen LogP contribution in [0, 0.1) is 0 Å². The summed E-state index contributed by atoms with van der Waals surface area (Å²) in [5.41, 5.74) is 7.26. The Morgan fingerprint density at radius 2 is 2.05 bits per heavy atom. The number of carbonyl (C=O) groups excluding carboxylic acids is 1. The summed E-state index contributed by atoms with van der Waals surface area (Å²) in [4.78, 5) is 11.5. The number of carbonyl (C=O) groups is 1. The maximum absolute atomic E-state index is 11.5. The fourth-order valence-electron chi connectivity index (χ4n) is 1.65. The minimum atomic E-state index is -0.523. The van der Waals surface area contributed by atoms with Crippen molar-refractivity contribution in [3.8, 4) is 0 Å². The lowest BCUT2D eigenvalue weighted by Crippen LogP contribution is -2.32. The highest BCUT2D eigenvalue weighted by Crippen LogP contribution is 2.11. The molecule has 0 fully saturated rings. The van der Waals surface area contributed by atoms with Crippen LogP contribution in [-0.4, -0.2) is 31.8 Å². The maximum Gasteiger partial charge on any atom is 0.240 e. The molecule has 0 heterocycles. The smallest absolute Gasteiger partial charge is 0.240 e. The number of rotatable bonds is 10. The van der Waals surface area contributed by atoms with Crippen LogP contribution in [0.5, 0.6) is 0 Å². The lowest BCUT2D eigenvalue weighted by atomic mass is 10.2. The molecule has 1 amide bonds. The van der Waals surface area contributed by atoms with E-state index in [1.807, 2.05) is 24.3 Å². The third kappa shape index (κ3) is 7.80. The molecule has 3 N–H and O–H groups in total. The Morgan fingerprint density at radius 1 is 1.29 bits per heavy atom. The fourth-order valence-corrected chi connectivity index (χ4v) is 1.65. The summed E-state index contributed by atoms with van der Waals surface area (Å²) in [6, 6.07) is 7.04. The number of hydrogen-bond acceptors (Lipinski definition) is 4. The van der Waals surface area contributed by atoms with Gasteiger partial charge < -0.3 is 20.5 Å². The molecular weight excluding hydrogens is 268 g/mol. The lowest BCUT2D eigenvalue weighted by molar-refractivity contribution is -0.117. The van der Waals surface area contributed by atoms with Crippen molar-refractivity contribution in [2.24, 2.45) is 5.73 Å². The molecule has 118 valence electrons. The van der Waals surface area contributed by atoms with Gasteiger partial charge >= 0.3 is 0 Å². The predicted octanol–water partition coefficient (Wildman–Crippen LogP) is 2.31. The Balaban J connectivity index is 2.28. The van der Waals surface area contributed by atoms with E-state index in [4.69, 9.17) is 15.2 Å². The van der Waals surface area contributed by atoms with Gasteiger partial charge in [-0.3, -0.25) is 4.79 Å². The second-order valence-electron chi connectivity index (χ2n) is 5.00. The van der Waals surface area contributed by atoms with Crippen LogP contribution in [0.4, 0.5) is 5.69 Å². The van der Waals surface area contributed by atoms with Crippen LogP contribution in [-0.2, 0) is 20.9 Å². The SMILES string of the molecule is CCCCOCCOCc1cccc(NC(=O)[C@H](C)N)c1. The van der Waals surface area contributed by atoms with Gasteiger partial charge in [0.15, 0.2) is 0 Å². The maximum atomic E-state index is 11.5. The summed E-state index contributed by atoms with van der Waals surface area (Å²) < 4.78 is 11.0. The summed E-state index contributed by atoms with van der Waals surface area (Å²) >= 11 is 0. The van der Waals surface area contributed by atoms with Gasteiger partial charge in [0, 0.05) is 12.3 Å². The van der Waals surface area contributed by atoms with Crippen LogP contribution in [0.15, 0.2) is 24.3 Å². The molecule has 0 aliphatic carbocycles. The van der Waals surface area contributed by atoms with E-state index >= 15 is 0 Å². The van der Waals surface area contributed by atoms with E-state index in [-0.39, 0.29) is 5.91 Å². The third-order valence-corrected chi connectivity index (χ3v) is 2.89. The van der Waals surface area contributed by atoms with Crippen molar-refractivity contribution < 1.29 is 14.3 Å². The topological polar surface area (TPSA) is 73.6 Å². The van der Waals surface area contributed by atoms with Gasteiger partial charge in [-0.1, -0.05) is 25.5 Å². The highest BCUT2D eigenvalue weighted by atomic mass is 16.5. The summed E-state index contributed by atoms with van der Waals surface area (Å²) in [6.07, 6.45) is 2.22. The van der Waals surface area contributed by atoms with Gasteiger partial charge in [-0.05, 0) is 31.0 Å². The van der Waals surface area contributed by atoms with Gasteiger partial charge in [-0.15, -0.1) is 0 Å². The van der Waals surface area contributed by atoms with Crippen molar-refractivity contribution in [2.75, 3.05) is 25.1 Å². The molecule has 0 radical (unpaired) electrons. The van der Waals surface area contributed by atoms with Gasteiger partial charge in [0.05, 0.1) is 25.9 Å². The number of benzene rings is 1. The average molecular weight is 294 g/mol. The summed E-state index contributed by atoms with van der Waals surface area (Å²) in [6.45, 7) is 6.26. The van der Waals surface area contributed by atoms with Crippen LogP contribution < -0.4 is 11.1 Å². The molecule has 5 nitrogen and oxygen atoms in total. The summed E-state index contributed by atoms with van der Waals surface area (Å²) in [7, 11) is 0. The first-order chi connectivity index (χ1) is 10.1. The second kappa shape index (κ2) is 10.3. The number of nitrogens with one attached hydrogen (secondary N) is 1. The normalized spacial score (nSPS) is 12.1. The summed E-state index contributed by atoms with van der Waals surface area (Å²) in [5, 5.41) is 2.76. The molecule has 0 aliphatic rings. The number of nitrogens with two attached hydrogens (primary N) is 1. The van der Waals surface area contributed by atoms with E-state index in [1.165, 1.54) is 0 Å². The Labute approximate surface area is 126 Å². The zero-order chi connectivity index (χ0) is 15.5. The first-order valence-electron chi connectivity index (χ1n) is 7.44. The monoisotopic (exact) mass is 294 g/mol. The molecule has 0 aromatic heterocycles. The van der Waals surface area contributed by atoms with Crippen molar-refractivity contribution in [3.05, 3.63) is 29.8 Å². The number of unbranched alkanes of at least 4 members (excludes halogenated alkanes) is 1. The van der Waals surface area contributed by atoms with E-state index < -0.39 is 6.04 Å². The van der Waals surface area contributed by atoms with Crippen LogP contribution in [0.25, 0.3) is 0 Å². The van der Waals surface area contributed by atoms with Crippen molar-refractivity contribution in [1.29, 1.82) is 0 Å². The van der Waals surface area contributed by atoms with Gasteiger partial charge in [0.25, 0.3) is 0 Å². The molecular formula is C16H26N2O3. The number of hydrogen-bond donors (Lipinski definition) is 2. The Bertz CT molecular complexity index is 422. The summed E-state index contributed by atoms with van der Waals surface area (Å²) in [5.74, 6) is -0.197. The van der Waals surface area contributed by atoms with Gasteiger partial charge in [-0.2, -0.15) is 0 Å². The number of anilines is 1. The van der Waals surface area contributed by atoms with E-state index in [2.05, 4.69) is 12.2 Å². The minimum Gasteiger partial charge on any atom is -0.379 e. The minimum absolute atomic E-state index is 0.197. The van der Waals surface area contributed by atoms with Crippen LogP contribution in [0.1, 0.15) is 32.3 Å². The lowest BCUT2D eigenvalue weighted by Gasteiger charge is -2.10. The van der Waals surface area contributed by atoms with Gasteiger partial charge in [-0.25, -0.2) is 0 Å². The molecule has 1 aromatic carbocycles. The second-order valence-corrected chi connectivity index (χ2v) is 5.00. The number of amides is 1. The molecule has 0 saturated heterocycles. The molecule has 1 atom stereocenters. The molecule has 0 spiro atoms. The van der Waals surface area contributed by atoms with Crippen LogP contribution in [0.2, 0.25) is 0 Å². The molecule has 1 rings (SSSR count). The highest BCUT2D eigenvalue weighted by molar-refractivity contribution is 5.94. The highest BCUT2D eigenvalue weighted by Gasteiger charge is 2.07. The van der Waals surface area contributed by atoms with E-state index in [0.717, 1.165) is 30.7 Å². The van der Waals surface area contributed by atoms with Crippen molar-refractivity contribution in [3.63, 3.8) is 0 Å². The average Bonchev–Trinajstić information content (AvgIpc) is 2.46. The Kier molecular flexibility index (Phi) is 8.66. The number of ether oxygens (including phenoxy) is 2. The Hall–Kier alpha value is -1.43. The molecule has 0 bridgehead atoms. The zero-order valence-electron chi connectivity index (χ0n) is 12.9. The van der Waals surface area contributed by atoms with Crippen molar-refractivity contribution in [1.82, 2.24) is 0 Å². The first kappa shape index (κ1) is 17.6. The van der Waals surface area contributed by atoms with E-state index in [0.29, 0.717) is 19.8 Å². The first-order valence-corrected chi connectivity index (χ1v) is 7.44. The van der Waals surface area contributed by atoms with E-state index in [9.17, 15) is 4.79 Å². The predicted molar refractivity (Wildman–Crippen MR) is 84.1 cm³/mol. The van der Waals surface area contributed by atoms with Gasteiger partial charge in [0.1, 0.15) is 0 Å². The fraction of sp³-hybridized carbons (Fsp3) is 0.562. The molecule has 0 unspecified atom stereocenters. The standard InChI is InChI=1S/C16H26N2O3/c1-3-4-8-20-9-10-21-12-14-6-5-7-15(11-14)18-16(19)13(2)17/h5-7,11,13H,3-4,8-10,12,17H2,1-2H3,(H,18,19)/t13-/m0/s1. The molecule has 1 aromatic rings. The van der Waals surface area contributed by atoms with Crippen LogP contribution in [0.3, 0.4) is 0 Å². The van der Waals surface area contributed by atoms with E-state index in [1.54, 1.807) is 6.92 Å². The van der Waals surface area contributed by atoms with Crippen LogP contribution >= 0.6 is 0 Å². The molecule has 5 heteroatoms. The third-order valence-electron chi connectivity index (χ3n) is 2.89. The molecule has 0 saturated carbocycles. The largest absolute Gasteiger partial charge is 0.379 e. The Morgan fingerprint density at radius 3 is 2.76 bits per heavy atom. The van der Waals surface area contributed by atoms with Crippen molar-refractivity contribution in [2.45, 2.75) is 39.3 Å². The zero-order valence-corrected chi connectivity index (χ0v) is 12.9. The molecule has 21 heavy (non-hydrogen) atoms. The van der Waals surface area contributed by atoms with Crippen molar-refractivity contribution >= 4 is 11.6 Å². The quantitative estimate of drug-likeness (QED) is 0.649.